The summed E-state index contributed by atoms with van der Waals surface area (Å²) in [5.74, 6) is 0.0547. The number of fused-ring (bicyclic) bond motifs is 2. The molecule has 0 amide bonds. The second kappa shape index (κ2) is 9.67. The number of para-hydroxylation sites is 1. The molecule has 0 radical (unpaired) electrons. The van der Waals surface area contributed by atoms with Gasteiger partial charge in [-0.05, 0) is 42.8 Å². The standard InChI is InChI=1S/C28H26N4O4/c1-18(33)36-32-25-11-6-10-21(19-8-4-3-5-9-19)26(25)30-27(28(32)34)23-17-31(15-7-14-29)24-13-12-20(35-2)16-22(23)24/h3-6,8-13,16-17H,7,14-15,29H2,1-2H3. The molecule has 0 spiro atoms. The number of rotatable bonds is 7. The van der Waals surface area contributed by atoms with Crippen LogP contribution in [-0.4, -0.2) is 33.9 Å². The van der Waals surface area contributed by atoms with E-state index in [0.29, 0.717) is 35.4 Å². The summed E-state index contributed by atoms with van der Waals surface area (Å²) in [6.07, 6.45) is 2.68. The highest BCUT2D eigenvalue weighted by molar-refractivity contribution is 5.98. The van der Waals surface area contributed by atoms with E-state index < -0.39 is 11.5 Å². The fraction of sp³-hybridized carbons (Fsp3) is 0.179. The monoisotopic (exact) mass is 482 g/mol. The lowest BCUT2D eigenvalue weighted by Crippen LogP contribution is -2.31. The Morgan fingerprint density at radius 2 is 1.81 bits per heavy atom. The van der Waals surface area contributed by atoms with Crippen LogP contribution < -0.4 is 20.9 Å². The molecule has 2 heterocycles. The van der Waals surface area contributed by atoms with Gasteiger partial charge in [0.15, 0.2) is 0 Å². The lowest BCUT2D eigenvalue weighted by Gasteiger charge is -2.13. The van der Waals surface area contributed by atoms with Crippen LogP contribution in [0.4, 0.5) is 0 Å². The minimum Gasteiger partial charge on any atom is -0.497 e. The number of carbonyl (C=O) groups excluding carboxylic acids is 1. The molecule has 5 rings (SSSR count). The number of aromatic nitrogens is 3. The van der Waals surface area contributed by atoms with Crippen LogP contribution in [0.1, 0.15) is 13.3 Å². The summed E-state index contributed by atoms with van der Waals surface area (Å²) in [4.78, 5) is 36.0. The molecule has 0 fully saturated rings. The minimum atomic E-state index is -0.604. The van der Waals surface area contributed by atoms with E-state index in [1.54, 1.807) is 13.2 Å². The van der Waals surface area contributed by atoms with Crippen molar-refractivity contribution in [2.75, 3.05) is 13.7 Å². The lowest BCUT2D eigenvalue weighted by molar-refractivity contribution is -0.141. The topological polar surface area (TPSA) is 101 Å². The zero-order chi connectivity index (χ0) is 25.2. The Hall–Kier alpha value is -4.43. The Morgan fingerprint density at radius 1 is 1.00 bits per heavy atom. The van der Waals surface area contributed by atoms with Crippen molar-refractivity contribution in [3.8, 4) is 28.1 Å². The zero-order valence-corrected chi connectivity index (χ0v) is 20.1. The van der Waals surface area contributed by atoms with Crippen LogP contribution in [0.5, 0.6) is 5.75 Å². The number of nitrogens with two attached hydrogens (primary N) is 1. The van der Waals surface area contributed by atoms with Gasteiger partial charge in [-0.2, -0.15) is 0 Å². The number of benzene rings is 3. The van der Waals surface area contributed by atoms with Gasteiger partial charge in [0.25, 0.3) is 0 Å². The molecule has 182 valence electrons. The van der Waals surface area contributed by atoms with Crippen LogP contribution >= 0.6 is 0 Å². The predicted octanol–water partition coefficient (Wildman–Crippen LogP) is 4.02. The van der Waals surface area contributed by atoms with Crippen LogP contribution in [0.2, 0.25) is 0 Å². The van der Waals surface area contributed by atoms with Gasteiger partial charge >= 0.3 is 11.5 Å². The van der Waals surface area contributed by atoms with Crippen molar-refractivity contribution in [3.63, 3.8) is 0 Å². The molecule has 8 nitrogen and oxygen atoms in total. The Kier molecular flexibility index (Phi) is 6.26. The van der Waals surface area contributed by atoms with Crippen LogP contribution in [0, 0.1) is 0 Å². The Bertz CT molecular complexity index is 1640. The van der Waals surface area contributed by atoms with Crippen LogP contribution in [0.25, 0.3) is 44.3 Å². The average Bonchev–Trinajstić information content (AvgIpc) is 3.26. The smallest absolute Gasteiger partial charge is 0.330 e. The number of hydrogen-bond acceptors (Lipinski definition) is 6. The molecular formula is C28H26N4O4. The molecule has 0 aliphatic rings. The molecule has 0 unspecified atom stereocenters. The fourth-order valence-electron chi connectivity index (χ4n) is 4.46. The molecule has 8 heteroatoms. The molecule has 2 N–H and O–H groups in total. The summed E-state index contributed by atoms with van der Waals surface area (Å²) in [6, 6.07) is 20.9. The zero-order valence-electron chi connectivity index (χ0n) is 20.1. The summed E-state index contributed by atoms with van der Waals surface area (Å²) in [5, 5.41) is 0.807. The van der Waals surface area contributed by atoms with Gasteiger partial charge in [-0.1, -0.05) is 42.5 Å². The molecule has 0 aliphatic heterocycles. The van der Waals surface area contributed by atoms with Gasteiger partial charge in [-0.25, -0.2) is 9.78 Å². The highest BCUT2D eigenvalue weighted by atomic mass is 16.7. The van der Waals surface area contributed by atoms with Crippen LogP contribution in [0.3, 0.4) is 0 Å². The molecular weight excluding hydrogens is 456 g/mol. The normalized spacial score (nSPS) is 11.2. The molecule has 0 aliphatic carbocycles. The van der Waals surface area contributed by atoms with E-state index in [1.165, 1.54) is 6.92 Å². The summed E-state index contributed by atoms with van der Waals surface area (Å²) >= 11 is 0. The number of ether oxygens (including phenoxy) is 1. The second-order valence-electron chi connectivity index (χ2n) is 8.44. The average molecular weight is 483 g/mol. The molecule has 0 bridgehead atoms. The Balaban J connectivity index is 1.86. The van der Waals surface area contributed by atoms with Crippen molar-refractivity contribution in [1.29, 1.82) is 0 Å². The number of methoxy groups -OCH3 is 1. The van der Waals surface area contributed by atoms with Crippen molar-refractivity contribution in [2.24, 2.45) is 5.73 Å². The third kappa shape index (κ3) is 4.12. The quantitative estimate of drug-likeness (QED) is 0.376. The molecule has 0 saturated heterocycles. The summed E-state index contributed by atoms with van der Waals surface area (Å²) in [6.45, 7) is 2.49. The lowest BCUT2D eigenvalue weighted by atomic mass is 10.0. The highest BCUT2D eigenvalue weighted by Crippen LogP contribution is 2.33. The van der Waals surface area contributed by atoms with Gasteiger partial charge in [0.2, 0.25) is 0 Å². The maximum Gasteiger partial charge on any atom is 0.330 e. The van der Waals surface area contributed by atoms with E-state index in [1.807, 2.05) is 66.9 Å². The highest BCUT2D eigenvalue weighted by Gasteiger charge is 2.21. The molecule has 2 aromatic heterocycles. The first kappa shape index (κ1) is 23.3. The molecule has 0 atom stereocenters. The third-order valence-electron chi connectivity index (χ3n) is 6.10. The Labute approximate surface area is 207 Å². The largest absolute Gasteiger partial charge is 0.497 e. The number of nitrogens with zero attached hydrogens (tertiary/aromatic N) is 3. The van der Waals surface area contributed by atoms with Crippen molar-refractivity contribution in [1.82, 2.24) is 14.3 Å². The predicted molar refractivity (Wildman–Crippen MR) is 140 cm³/mol. The van der Waals surface area contributed by atoms with Crippen LogP contribution in [0.15, 0.2) is 77.7 Å². The van der Waals surface area contributed by atoms with Gasteiger partial charge in [0.1, 0.15) is 17.0 Å². The minimum absolute atomic E-state index is 0.178. The van der Waals surface area contributed by atoms with E-state index in [0.717, 1.165) is 33.2 Å². The Morgan fingerprint density at radius 3 is 2.53 bits per heavy atom. The van der Waals surface area contributed by atoms with E-state index >= 15 is 0 Å². The van der Waals surface area contributed by atoms with Gasteiger partial charge < -0.3 is 19.9 Å². The summed E-state index contributed by atoms with van der Waals surface area (Å²) < 4.78 is 8.55. The maximum absolute atomic E-state index is 13.8. The number of carbonyl (C=O) groups is 1. The van der Waals surface area contributed by atoms with Crippen molar-refractivity contribution in [3.05, 3.63) is 83.3 Å². The molecule has 3 aromatic carbocycles. The number of aryl methyl sites for hydroxylation is 1. The summed E-state index contributed by atoms with van der Waals surface area (Å²) in [7, 11) is 1.60. The number of hydrogen-bond donors (Lipinski definition) is 1. The maximum atomic E-state index is 13.8. The van der Waals surface area contributed by atoms with Crippen molar-refractivity contribution < 1.29 is 14.4 Å². The van der Waals surface area contributed by atoms with Gasteiger partial charge in [0, 0.05) is 41.7 Å². The first-order valence-corrected chi connectivity index (χ1v) is 11.7. The first-order valence-electron chi connectivity index (χ1n) is 11.7. The molecule has 36 heavy (non-hydrogen) atoms. The van der Waals surface area contributed by atoms with E-state index in [2.05, 4.69) is 4.57 Å². The molecule has 0 saturated carbocycles. The van der Waals surface area contributed by atoms with Crippen molar-refractivity contribution in [2.45, 2.75) is 19.9 Å². The SMILES string of the molecule is COc1ccc2c(c1)c(-c1nc3c(-c4ccccc4)cccc3n(OC(C)=O)c1=O)cn2CCCN. The van der Waals surface area contributed by atoms with E-state index in [9.17, 15) is 9.59 Å². The van der Waals surface area contributed by atoms with Gasteiger partial charge in [-0.15, -0.1) is 4.73 Å². The second-order valence-corrected chi connectivity index (χ2v) is 8.44. The van der Waals surface area contributed by atoms with Crippen molar-refractivity contribution >= 4 is 27.9 Å². The first-order chi connectivity index (χ1) is 17.5. The molecule has 5 aromatic rings. The fourth-order valence-corrected chi connectivity index (χ4v) is 4.46. The third-order valence-corrected chi connectivity index (χ3v) is 6.10. The van der Waals surface area contributed by atoms with Crippen LogP contribution in [-0.2, 0) is 11.3 Å². The van der Waals surface area contributed by atoms with Gasteiger partial charge in [-0.3, -0.25) is 4.79 Å². The van der Waals surface area contributed by atoms with E-state index in [-0.39, 0.29) is 5.69 Å². The van der Waals surface area contributed by atoms with Gasteiger partial charge in [0.05, 0.1) is 12.6 Å². The van der Waals surface area contributed by atoms with E-state index in [4.69, 9.17) is 20.3 Å². The summed E-state index contributed by atoms with van der Waals surface area (Å²) in [5.41, 5.74) is 9.67.